The summed E-state index contributed by atoms with van der Waals surface area (Å²) in [5, 5.41) is 2.97. The van der Waals surface area contributed by atoms with Crippen molar-refractivity contribution in [2.24, 2.45) is 5.92 Å². The van der Waals surface area contributed by atoms with E-state index < -0.39 is 0 Å². The third-order valence-electron chi connectivity index (χ3n) is 5.15. The Labute approximate surface area is 170 Å². The van der Waals surface area contributed by atoms with Crippen LogP contribution in [-0.2, 0) is 11.3 Å². The van der Waals surface area contributed by atoms with Crippen LogP contribution in [0.4, 0.5) is 5.82 Å². The minimum atomic E-state index is -0.00496. The van der Waals surface area contributed by atoms with E-state index in [0.717, 1.165) is 55.0 Å². The van der Waals surface area contributed by atoms with Crippen LogP contribution in [0.1, 0.15) is 31.9 Å². The Morgan fingerprint density at radius 1 is 1.17 bits per heavy atom. The molecule has 3 aromatic rings. The van der Waals surface area contributed by atoms with Gasteiger partial charge in [0.15, 0.2) is 5.82 Å². The van der Waals surface area contributed by atoms with E-state index in [1.807, 2.05) is 36.4 Å². The molecule has 0 bridgehead atoms. The third kappa shape index (κ3) is 4.50. The van der Waals surface area contributed by atoms with E-state index in [1.165, 1.54) is 0 Å². The molecule has 0 saturated carbocycles. The smallest absolute Gasteiger partial charge is 0.258 e. The van der Waals surface area contributed by atoms with Crippen LogP contribution in [0.3, 0.4) is 0 Å². The predicted octanol–water partition coefficient (Wildman–Crippen LogP) is 3.54. The number of ether oxygens (including phenoxy) is 1. The van der Waals surface area contributed by atoms with E-state index in [9.17, 15) is 4.79 Å². The fourth-order valence-corrected chi connectivity index (χ4v) is 3.56. The summed E-state index contributed by atoms with van der Waals surface area (Å²) in [6.45, 7) is 4.59. The van der Waals surface area contributed by atoms with Crippen molar-refractivity contribution in [1.29, 1.82) is 0 Å². The largest absolute Gasteiger partial charge is 0.475 e. The number of amides is 1. The lowest BCUT2D eigenvalue weighted by Crippen LogP contribution is -2.40. The van der Waals surface area contributed by atoms with Gasteiger partial charge < -0.3 is 19.4 Å². The van der Waals surface area contributed by atoms with Gasteiger partial charge >= 0.3 is 0 Å². The SMILES string of the molecule is CCCOc1nc2ccccc2nc1N1CCC(C(=O)NCc2ccco2)CC1. The standard InChI is InChI=1S/C22H26N4O3/c1-2-13-29-22-20(24-18-7-3-4-8-19(18)25-22)26-11-9-16(10-12-26)21(27)23-15-17-6-5-14-28-17/h3-8,14,16H,2,9-13,15H2,1H3,(H,23,27). The minimum absolute atomic E-state index is 0.00496. The zero-order chi connectivity index (χ0) is 20.1. The molecule has 1 N–H and O–H groups in total. The van der Waals surface area contributed by atoms with Gasteiger partial charge in [-0.2, -0.15) is 0 Å². The maximum atomic E-state index is 12.5. The molecule has 29 heavy (non-hydrogen) atoms. The van der Waals surface area contributed by atoms with Gasteiger partial charge in [0, 0.05) is 19.0 Å². The van der Waals surface area contributed by atoms with Gasteiger partial charge in [-0.25, -0.2) is 9.97 Å². The van der Waals surface area contributed by atoms with Gasteiger partial charge in [-0.15, -0.1) is 0 Å². The van der Waals surface area contributed by atoms with Crippen LogP contribution in [0, 0.1) is 5.92 Å². The number of hydrogen-bond acceptors (Lipinski definition) is 6. The Morgan fingerprint density at radius 3 is 2.62 bits per heavy atom. The Morgan fingerprint density at radius 2 is 1.93 bits per heavy atom. The van der Waals surface area contributed by atoms with Crippen molar-refractivity contribution in [1.82, 2.24) is 15.3 Å². The highest BCUT2D eigenvalue weighted by atomic mass is 16.5. The first-order valence-electron chi connectivity index (χ1n) is 10.2. The molecule has 3 heterocycles. The molecule has 0 spiro atoms. The number of rotatable bonds is 7. The Hall–Kier alpha value is -3.09. The summed E-state index contributed by atoms with van der Waals surface area (Å²) in [5.41, 5.74) is 1.68. The molecule has 4 rings (SSSR count). The van der Waals surface area contributed by atoms with Gasteiger partial charge in [-0.1, -0.05) is 19.1 Å². The molecule has 152 valence electrons. The molecule has 1 fully saturated rings. The summed E-state index contributed by atoms with van der Waals surface area (Å²) in [7, 11) is 0. The molecule has 7 nitrogen and oxygen atoms in total. The number of piperidine rings is 1. The second-order valence-electron chi connectivity index (χ2n) is 7.25. The van der Waals surface area contributed by atoms with Crippen molar-refractivity contribution in [3.05, 3.63) is 48.4 Å². The normalized spacial score (nSPS) is 14.9. The molecule has 7 heteroatoms. The lowest BCUT2D eigenvalue weighted by atomic mass is 9.96. The highest BCUT2D eigenvalue weighted by Gasteiger charge is 2.27. The fraction of sp³-hybridized carbons (Fsp3) is 0.409. The van der Waals surface area contributed by atoms with Crippen molar-refractivity contribution in [2.75, 3.05) is 24.6 Å². The second kappa shape index (κ2) is 8.94. The van der Waals surface area contributed by atoms with Gasteiger partial charge in [-0.3, -0.25) is 4.79 Å². The number of carbonyl (C=O) groups excluding carboxylic acids is 1. The molecule has 1 aliphatic heterocycles. The fourth-order valence-electron chi connectivity index (χ4n) is 3.56. The van der Waals surface area contributed by atoms with Crippen LogP contribution in [0.2, 0.25) is 0 Å². The van der Waals surface area contributed by atoms with Crippen molar-refractivity contribution in [2.45, 2.75) is 32.7 Å². The maximum Gasteiger partial charge on any atom is 0.258 e. The van der Waals surface area contributed by atoms with Crippen molar-refractivity contribution < 1.29 is 13.9 Å². The predicted molar refractivity (Wildman–Crippen MR) is 111 cm³/mol. The summed E-state index contributed by atoms with van der Waals surface area (Å²) in [6, 6.07) is 11.5. The van der Waals surface area contributed by atoms with Gasteiger partial charge in [0.05, 0.1) is 30.4 Å². The average molecular weight is 394 g/mol. The molecular weight excluding hydrogens is 368 g/mol. The molecule has 0 aliphatic carbocycles. The quantitative estimate of drug-likeness (QED) is 0.660. The van der Waals surface area contributed by atoms with E-state index in [1.54, 1.807) is 6.26 Å². The van der Waals surface area contributed by atoms with Gasteiger partial charge in [0.25, 0.3) is 5.88 Å². The van der Waals surface area contributed by atoms with Crippen LogP contribution in [0.5, 0.6) is 5.88 Å². The lowest BCUT2D eigenvalue weighted by Gasteiger charge is -2.32. The molecule has 2 aromatic heterocycles. The minimum Gasteiger partial charge on any atom is -0.475 e. The average Bonchev–Trinajstić information content (AvgIpc) is 3.29. The van der Waals surface area contributed by atoms with Crippen LogP contribution in [-0.4, -0.2) is 35.6 Å². The number of benzene rings is 1. The molecule has 1 aliphatic rings. The number of para-hydroxylation sites is 2. The van der Waals surface area contributed by atoms with E-state index in [-0.39, 0.29) is 11.8 Å². The summed E-state index contributed by atoms with van der Waals surface area (Å²) >= 11 is 0. The van der Waals surface area contributed by atoms with Crippen LogP contribution >= 0.6 is 0 Å². The van der Waals surface area contributed by atoms with Crippen molar-refractivity contribution >= 4 is 22.8 Å². The number of hydrogen-bond donors (Lipinski definition) is 1. The molecule has 0 radical (unpaired) electrons. The lowest BCUT2D eigenvalue weighted by molar-refractivity contribution is -0.125. The van der Waals surface area contributed by atoms with Crippen molar-refractivity contribution in [3.8, 4) is 5.88 Å². The Balaban J connectivity index is 1.43. The van der Waals surface area contributed by atoms with Gasteiger partial charge in [0.2, 0.25) is 5.91 Å². The first-order valence-corrected chi connectivity index (χ1v) is 10.2. The second-order valence-corrected chi connectivity index (χ2v) is 7.25. The number of nitrogens with one attached hydrogen (secondary N) is 1. The monoisotopic (exact) mass is 394 g/mol. The Bertz CT molecular complexity index is 950. The maximum absolute atomic E-state index is 12.5. The van der Waals surface area contributed by atoms with Crippen LogP contribution in [0.15, 0.2) is 47.1 Å². The van der Waals surface area contributed by atoms with E-state index in [2.05, 4.69) is 22.1 Å². The van der Waals surface area contributed by atoms with Crippen LogP contribution in [0.25, 0.3) is 11.0 Å². The zero-order valence-corrected chi connectivity index (χ0v) is 16.6. The van der Waals surface area contributed by atoms with E-state index in [0.29, 0.717) is 19.0 Å². The molecule has 1 amide bonds. The van der Waals surface area contributed by atoms with E-state index in [4.69, 9.17) is 14.1 Å². The van der Waals surface area contributed by atoms with E-state index >= 15 is 0 Å². The number of carbonyl (C=O) groups is 1. The highest BCUT2D eigenvalue weighted by Crippen LogP contribution is 2.30. The zero-order valence-electron chi connectivity index (χ0n) is 16.6. The van der Waals surface area contributed by atoms with Crippen molar-refractivity contribution in [3.63, 3.8) is 0 Å². The number of furan rings is 1. The highest BCUT2D eigenvalue weighted by molar-refractivity contribution is 5.79. The third-order valence-corrected chi connectivity index (χ3v) is 5.15. The molecule has 0 unspecified atom stereocenters. The molecule has 0 atom stereocenters. The number of aromatic nitrogens is 2. The number of anilines is 1. The summed E-state index contributed by atoms with van der Waals surface area (Å²) in [5.74, 6) is 2.18. The van der Waals surface area contributed by atoms with Gasteiger partial charge in [-0.05, 0) is 43.5 Å². The summed E-state index contributed by atoms with van der Waals surface area (Å²) in [4.78, 5) is 24.2. The van der Waals surface area contributed by atoms with Gasteiger partial charge in [0.1, 0.15) is 5.76 Å². The molecular formula is C22H26N4O3. The summed E-state index contributed by atoms with van der Waals surface area (Å²) in [6.07, 6.45) is 4.06. The molecule has 1 aromatic carbocycles. The first-order chi connectivity index (χ1) is 14.2. The number of fused-ring (bicyclic) bond motifs is 1. The molecule has 1 saturated heterocycles. The first kappa shape index (κ1) is 19.2. The topological polar surface area (TPSA) is 80.5 Å². The number of nitrogens with zero attached hydrogens (tertiary/aromatic N) is 3. The van der Waals surface area contributed by atoms with Crippen LogP contribution < -0.4 is 15.0 Å². The summed E-state index contributed by atoms with van der Waals surface area (Å²) < 4.78 is 11.2. The Kier molecular flexibility index (Phi) is 5.93.